The van der Waals surface area contributed by atoms with Crippen LogP contribution in [0.4, 0.5) is 0 Å². The average molecular weight is 519 g/mol. The van der Waals surface area contributed by atoms with Gasteiger partial charge in [0.1, 0.15) is 11.7 Å². The van der Waals surface area contributed by atoms with Crippen molar-refractivity contribution in [1.82, 2.24) is 0 Å². The van der Waals surface area contributed by atoms with Gasteiger partial charge in [-0.1, -0.05) is 32.1 Å². The van der Waals surface area contributed by atoms with Crippen molar-refractivity contribution in [2.24, 2.45) is 29.6 Å². The first kappa shape index (κ1) is 26.1. The summed E-state index contributed by atoms with van der Waals surface area (Å²) in [6.45, 7) is 8.13. The number of thiophene rings is 1. The molecule has 12 atom stereocenters. The van der Waals surface area contributed by atoms with Gasteiger partial charge in [0.15, 0.2) is 6.10 Å². The molecule has 1 aromatic rings. The van der Waals surface area contributed by atoms with Gasteiger partial charge in [-0.25, -0.2) is 4.79 Å². The van der Waals surface area contributed by atoms with Crippen LogP contribution in [0.2, 0.25) is 0 Å². The quantitative estimate of drug-likeness (QED) is 0.455. The van der Waals surface area contributed by atoms with Gasteiger partial charge in [-0.05, 0) is 48.2 Å². The molecule has 1 saturated heterocycles. The second-order valence-electron chi connectivity index (χ2n) is 11.0. The van der Waals surface area contributed by atoms with Gasteiger partial charge in [0.05, 0.1) is 31.0 Å². The Balaban J connectivity index is 1.56. The van der Waals surface area contributed by atoms with E-state index in [9.17, 15) is 15.0 Å². The molecule has 1 spiro atoms. The maximum Gasteiger partial charge on any atom is 0.335 e. The minimum absolute atomic E-state index is 0.00188. The number of ether oxygens (including phenoxy) is 4. The second kappa shape index (κ2) is 9.97. The first-order valence-corrected chi connectivity index (χ1v) is 13.9. The largest absolute Gasteiger partial charge is 0.457 e. The van der Waals surface area contributed by atoms with Crippen molar-refractivity contribution in [2.75, 3.05) is 7.11 Å². The van der Waals surface area contributed by atoms with Crippen molar-refractivity contribution in [3.05, 3.63) is 46.2 Å². The summed E-state index contributed by atoms with van der Waals surface area (Å²) in [5, 5.41) is 26.3. The van der Waals surface area contributed by atoms with E-state index in [1.165, 1.54) is 7.11 Å². The minimum atomic E-state index is -0.846. The standard InChI is InChI=1S/C28H38O7S/c1-14-10-15(2)28-19(11-21(32-5)27(31)34-24(14)17(4)29)6-7-20-22(28)23(30)16(3)25(26(20)35-28)33-12-18-8-9-36-13-18/h6-10,13-14,16-17,19-26,29-30H,11-12H2,1-5H3/b15-10+/t14-,16-,17-,19-,20-,21+,22+,23-,24+,25-,26-,28+/m1/s1. The van der Waals surface area contributed by atoms with Crippen molar-refractivity contribution < 1.29 is 34.0 Å². The predicted octanol–water partition coefficient (Wildman–Crippen LogP) is 3.49. The van der Waals surface area contributed by atoms with E-state index >= 15 is 0 Å². The Hall–Kier alpha value is -1.55. The number of methoxy groups -OCH3 is 1. The number of esters is 1. The molecular formula is C28H38O7S. The van der Waals surface area contributed by atoms with Gasteiger partial charge in [0.25, 0.3) is 0 Å². The summed E-state index contributed by atoms with van der Waals surface area (Å²) in [7, 11) is 1.50. The zero-order valence-corrected chi connectivity index (χ0v) is 22.4. The van der Waals surface area contributed by atoms with Crippen molar-refractivity contribution in [1.29, 1.82) is 0 Å². The number of hydrogen-bond donors (Lipinski definition) is 2. The Morgan fingerprint density at radius 3 is 2.75 bits per heavy atom. The van der Waals surface area contributed by atoms with Crippen LogP contribution < -0.4 is 0 Å². The second-order valence-corrected chi connectivity index (χ2v) is 11.8. The maximum absolute atomic E-state index is 13.1. The van der Waals surface area contributed by atoms with Crippen molar-refractivity contribution in [3.63, 3.8) is 0 Å². The Kier molecular flexibility index (Phi) is 7.22. The molecule has 4 aliphatic rings. The third-order valence-corrected chi connectivity index (χ3v) is 9.63. The summed E-state index contributed by atoms with van der Waals surface area (Å²) in [6.07, 6.45) is 3.21. The highest BCUT2D eigenvalue weighted by Gasteiger charge is 2.68. The van der Waals surface area contributed by atoms with Gasteiger partial charge in [-0.15, -0.1) is 0 Å². The summed E-state index contributed by atoms with van der Waals surface area (Å²) in [5.74, 6) is -1.22. The zero-order chi connectivity index (χ0) is 25.8. The molecule has 2 fully saturated rings. The van der Waals surface area contributed by atoms with Crippen LogP contribution in [0, 0.1) is 29.6 Å². The smallest absolute Gasteiger partial charge is 0.335 e. The van der Waals surface area contributed by atoms with Crippen molar-refractivity contribution in [3.8, 4) is 0 Å². The van der Waals surface area contributed by atoms with Crippen LogP contribution in [0.3, 0.4) is 0 Å². The number of rotatable bonds is 5. The summed E-state index contributed by atoms with van der Waals surface area (Å²) >= 11 is 1.64. The fraction of sp³-hybridized carbons (Fsp3) is 0.679. The van der Waals surface area contributed by atoms with Crippen LogP contribution in [0.25, 0.3) is 0 Å². The lowest BCUT2D eigenvalue weighted by Gasteiger charge is -2.49. The number of aliphatic hydroxyl groups excluding tert-OH is 2. The number of carbonyl (C=O) groups excluding carboxylic acids is 1. The summed E-state index contributed by atoms with van der Waals surface area (Å²) in [4.78, 5) is 13.1. The summed E-state index contributed by atoms with van der Waals surface area (Å²) < 4.78 is 24.8. The number of carbonyl (C=O) groups is 1. The van der Waals surface area contributed by atoms with Crippen LogP contribution >= 0.6 is 11.3 Å². The fourth-order valence-electron chi connectivity index (χ4n) is 7.14. The molecule has 4 bridgehead atoms. The molecule has 2 aliphatic carbocycles. The molecule has 0 unspecified atom stereocenters. The van der Waals surface area contributed by atoms with E-state index in [2.05, 4.69) is 29.7 Å². The monoisotopic (exact) mass is 518 g/mol. The molecule has 8 heteroatoms. The first-order chi connectivity index (χ1) is 17.2. The van der Waals surface area contributed by atoms with Crippen LogP contribution in [-0.4, -0.2) is 65.5 Å². The van der Waals surface area contributed by atoms with Gasteiger partial charge in [-0.2, -0.15) is 11.3 Å². The molecule has 1 aromatic heterocycles. The normalized spacial score (nSPS) is 46.4. The number of cyclic esters (lactones) is 1. The van der Waals surface area contributed by atoms with Gasteiger partial charge in [0.2, 0.25) is 0 Å². The molecule has 2 N–H and O–H groups in total. The van der Waals surface area contributed by atoms with Crippen LogP contribution in [0.1, 0.15) is 39.7 Å². The van der Waals surface area contributed by atoms with Gasteiger partial charge in [0, 0.05) is 36.7 Å². The molecule has 0 radical (unpaired) electrons. The maximum atomic E-state index is 13.1. The molecule has 36 heavy (non-hydrogen) atoms. The summed E-state index contributed by atoms with van der Waals surface area (Å²) in [6, 6.07) is 2.05. The fourth-order valence-corrected chi connectivity index (χ4v) is 7.79. The lowest BCUT2D eigenvalue weighted by molar-refractivity contribution is -0.172. The third kappa shape index (κ3) is 4.10. The minimum Gasteiger partial charge on any atom is -0.457 e. The Morgan fingerprint density at radius 2 is 2.08 bits per heavy atom. The van der Waals surface area contributed by atoms with E-state index < -0.39 is 36.0 Å². The van der Waals surface area contributed by atoms with Crippen LogP contribution in [-0.2, 0) is 30.3 Å². The van der Waals surface area contributed by atoms with Crippen LogP contribution in [0.15, 0.2) is 40.6 Å². The highest BCUT2D eigenvalue weighted by Crippen LogP contribution is 2.61. The summed E-state index contributed by atoms with van der Waals surface area (Å²) in [5.41, 5.74) is 1.31. The Bertz CT molecular complexity index is 1000. The molecule has 0 amide bonds. The van der Waals surface area contributed by atoms with E-state index in [4.69, 9.17) is 18.9 Å². The predicted molar refractivity (Wildman–Crippen MR) is 135 cm³/mol. The highest BCUT2D eigenvalue weighted by molar-refractivity contribution is 7.07. The Labute approximate surface area is 217 Å². The first-order valence-electron chi connectivity index (χ1n) is 13.0. The van der Waals surface area contributed by atoms with E-state index in [1.54, 1.807) is 18.3 Å². The van der Waals surface area contributed by atoms with Crippen molar-refractivity contribution >= 4 is 17.3 Å². The van der Waals surface area contributed by atoms with E-state index in [1.807, 2.05) is 26.2 Å². The molecule has 2 aliphatic heterocycles. The lowest BCUT2D eigenvalue weighted by atomic mass is 9.57. The van der Waals surface area contributed by atoms with Gasteiger partial charge < -0.3 is 29.2 Å². The topological polar surface area (TPSA) is 94.5 Å². The SMILES string of the molecule is CO[C@H]1C[C@H]2C=C[C@H]3[C@H]4O[C@]2(/C(C)=C/[C@@H](C)[C@@H]([C@@H](C)O)OC1=O)[C@@H]3[C@H](O)[C@@H](C)[C@H]4OCc1ccsc1. The molecule has 0 aromatic carbocycles. The molecule has 1 saturated carbocycles. The lowest BCUT2D eigenvalue weighted by Crippen LogP contribution is -2.57. The highest BCUT2D eigenvalue weighted by atomic mass is 32.1. The molecule has 5 rings (SSSR count). The Morgan fingerprint density at radius 1 is 1.31 bits per heavy atom. The van der Waals surface area contributed by atoms with E-state index in [0.29, 0.717) is 13.0 Å². The number of aliphatic hydroxyl groups is 2. The molecule has 7 nitrogen and oxygen atoms in total. The zero-order valence-electron chi connectivity index (χ0n) is 21.6. The molecular weight excluding hydrogens is 480 g/mol. The third-order valence-electron chi connectivity index (χ3n) is 8.90. The van der Waals surface area contributed by atoms with E-state index in [0.717, 1.165) is 11.1 Å². The number of hydrogen-bond acceptors (Lipinski definition) is 8. The van der Waals surface area contributed by atoms with E-state index in [-0.39, 0.29) is 41.8 Å². The molecule has 3 heterocycles. The average Bonchev–Trinajstić information content (AvgIpc) is 3.42. The van der Waals surface area contributed by atoms with Crippen LogP contribution in [0.5, 0.6) is 0 Å². The van der Waals surface area contributed by atoms with Gasteiger partial charge >= 0.3 is 5.97 Å². The van der Waals surface area contributed by atoms with Crippen molar-refractivity contribution in [2.45, 2.75) is 82.9 Å². The van der Waals surface area contributed by atoms with Gasteiger partial charge in [-0.3, -0.25) is 0 Å². The molecule has 198 valence electrons.